The molecular weight excluding hydrogens is 331 g/mol. The Morgan fingerprint density at radius 1 is 1.12 bits per heavy atom. The monoisotopic (exact) mass is 350 g/mol. The zero-order valence-electron chi connectivity index (χ0n) is 14.3. The molecule has 5 heteroatoms. The fraction of sp³-hybridized carbons (Fsp3) is 0.238. The van der Waals surface area contributed by atoms with Crippen LogP contribution in [0.2, 0.25) is 0 Å². The molecular formula is C21H19FN2O2. The fourth-order valence-electron chi connectivity index (χ4n) is 3.29. The van der Waals surface area contributed by atoms with Gasteiger partial charge in [-0.25, -0.2) is 9.37 Å². The molecule has 0 aliphatic carbocycles. The molecule has 1 amide bonds. The molecule has 0 atom stereocenters. The van der Waals surface area contributed by atoms with Crippen LogP contribution in [0.4, 0.5) is 4.39 Å². The molecule has 1 aliphatic rings. The predicted octanol–water partition coefficient (Wildman–Crippen LogP) is 4.00. The van der Waals surface area contributed by atoms with Crippen LogP contribution in [0.1, 0.15) is 23.4 Å². The van der Waals surface area contributed by atoms with Crippen molar-refractivity contribution in [1.82, 2.24) is 9.88 Å². The highest BCUT2D eigenvalue weighted by molar-refractivity contribution is 5.76. The summed E-state index contributed by atoms with van der Waals surface area (Å²) >= 11 is 0. The van der Waals surface area contributed by atoms with Gasteiger partial charge in [0.15, 0.2) is 11.7 Å². The van der Waals surface area contributed by atoms with Gasteiger partial charge in [0, 0.05) is 25.9 Å². The van der Waals surface area contributed by atoms with Crippen LogP contribution in [0, 0.1) is 5.82 Å². The minimum Gasteiger partial charge on any atom is -0.441 e. The first-order valence-corrected chi connectivity index (χ1v) is 8.75. The summed E-state index contributed by atoms with van der Waals surface area (Å²) < 4.78 is 19.4. The van der Waals surface area contributed by atoms with E-state index in [1.54, 1.807) is 18.2 Å². The fourth-order valence-corrected chi connectivity index (χ4v) is 3.29. The number of carbonyl (C=O) groups excluding carboxylic acids is 1. The molecule has 132 valence electrons. The summed E-state index contributed by atoms with van der Waals surface area (Å²) in [7, 11) is 0. The average molecular weight is 350 g/mol. The largest absolute Gasteiger partial charge is 0.441 e. The van der Waals surface area contributed by atoms with Crippen LogP contribution in [-0.4, -0.2) is 22.3 Å². The van der Waals surface area contributed by atoms with Gasteiger partial charge in [0.25, 0.3) is 0 Å². The highest BCUT2D eigenvalue weighted by atomic mass is 19.1. The van der Waals surface area contributed by atoms with Crippen LogP contribution in [0.25, 0.3) is 11.3 Å². The summed E-state index contributed by atoms with van der Waals surface area (Å²) in [5.74, 6) is 0.579. The zero-order valence-corrected chi connectivity index (χ0v) is 14.3. The van der Waals surface area contributed by atoms with Gasteiger partial charge in [-0.15, -0.1) is 0 Å². The number of nitrogens with zero attached hydrogens (tertiary/aromatic N) is 2. The molecule has 2 aromatic carbocycles. The maximum Gasteiger partial charge on any atom is 0.223 e. The number of hydrogen-bond donors (Lipinski definition) is 0. The number of hydrogen-bond acceptors (Lipinski definition) is 3. The van der Waals surface area contributed by atoms with Gasteiger partial charge in [-0.3, -0.25) is 4.79 Å². The minimum absolute atomic E-state index is 0.0881. The molecule has 0 N–H and O–H groups in total. The van der Waals surface area contributed by atoms with E-state index in [1.165, 1.54) is 23.4 Å². The van der Waals surface area contributed by atoms with E-state index in [-0.39, 0.29) is 11.7 Å². The van der Waals surface area contributed by atoms with Crippen LogP contribution in [0.5, 0.6) is 0 Å². The molecule has 0 bridgehead atoms. The lowest BCUT2D eigenvalue weighted by Gasteiger charge is -2.28. The van der Waals surface area contributed by atoms with Crippen LogP contribution >= 0.6 is 0 Å². The molecule has 0 spiro atoms. The Morgan fingerprint density at radius 3 is 2.73 bits per heavy atom. The molecule has 1 aromatic heterocycles. The van der Waals surface area contributed by atoms with Gasteiger partial charge in [-0.1, -0.05) is 36.4 Å². The van der Waals surface area contributed by atoms with E-state index in [0.29, 0.717) is 36.6 Å². The Kier molecular flexibility index (Phi) is 4.52. The number of aromatic nitrogens is 1. The van der Waals surface area contributed by atoms with E-state index < -0.39 is 0 Å². The lowest BCUT2D eigenvalue weighted by molar-refractivity contribution is -0.132. The first-order chi connectivity index (χ1) is 12.7. The third-order valence-corrected chi connectivity index (χ3v) is 4.73. The topological polar surface area (TPSA) is 46.3 Å². The van der Waals surface area contributed by atoms with Crippen molar-refractivity contribution in [3.8, 4) is 11.3 Å². The third kappa shape index (κ3) is 3.38. The van der Waals surface area contributed by atoms with Gasteiger partial charge >= 0.3 is 0 Å². The smallest absolute Gasteiger partial charge is 0.223 e. The number of fused-ring (bicyclic) bond motifs is 1. The molecule has 0 saturated carbocycles. The van der Waals surface area contributed by atoms with Crippen molar-refractivity contribution >= 4 is 5.91 Å². The Bertz CT molecular complexity index is 935. The lowest BCUT2D eigenvalue weighted by Crippen LogP contribution is -2.36. The summed E-state index contributed by atoms with van der Waals surface area (Å²) in [5, 5.41) is 0. The number of carbonyl (C=O) groups is 1. The molecule has 3 aromatic rings. The van der Waals surface area contributed by atoms with Gasteiger partial charge in [0.05, 0.1) is 11.8 Å². The molecule has 2 heterocycles. The Hall–Kier alpha value is -2.95. The quantitative estimate of drug-likeness (QED) is 0.714. The van der Waals surface area contributed by atoms with Crippen molar-refractivity contribution in [3.63, 3.8) is 0 Å². The maximum atomic E-state index is 13.8. The SMILES string of the molecule is O=C(CCc1ncc(-c2ccccc2F)o1)N1CCc2ccccc2C1. The van der Waals surface area contributed by atoms with E-state index in [9.17, 15) is 9.18 Å². The van der Waals surface area contributed by atoms with Crippen LogP contribution in [-0.2, 0) is 24.2 Å². The number of oxazole rings is 1. The number of amides is 1. The molecule has 1 aliphatic heterocycles. The van der Waals surface area contributed by atoms with E-state index in [2.05, 4.69) is 17.1 Å². The first-order valence-electron chi connectivity index (χ1n) is 8.75. The zero-order chi connectivity index (χ0) is 17.9. The van der Waals surface area contributed by atoms with Crippen molar-refractivity contribution in [2.75, 3.05) is 6.54 Å². The molecule has 0 saturated heterocycles. The molecule has 0 fully saturated rings. The van der Waals surface area contributed by atoms with E-state index in [4.69, 9.17) is 4.42 Å². The van der Waals surface area contributed by atoms with Crippen LogP contribution in [0.15, 0.2) is 59.1 Å². The Balaban J connectivity index is 1.38. The van der Waals surface area contributed by atoms with Crippen molar-refractivity contribution in [1.29, 1.82) is 0 Å². The predicted molar refractivity (Wildman–Crippen MR) is 95.8 cm³/mol. The van der Waals surface area contributed by atoms with E-state index >= 15 is 0 Å². The van der Waals surface area contributed by atoms with Gasteiger partial charge in [0.2, 0.25) is 5.91 Å². The highest BCUT2D eigenvalue weighted by Crippen LogP contribution is 2.24. The van der Waals surface area contributed by atoms with Crippen LogP contribution < -0.4 is 0 Å². The maximum absolute atomic E-state index is 13.8. The second kappa shape index (κ2) is 7.12. The minimum atomic E-state index is -0.349. The molecule has 0 unspecified atom stereocenters. The Labute approximate surface area is 151 Å². The number of benzene rings is 2. The first kappa shape index (κ1) is 16.5. The molecule has 26 heavy (non-hydrogen) atoms. The number of rotatable bonds is 4. The number of halogens is 1. The normalized spacial score (nSPS) is 13.5. The summed E-state index contributed by atoms with van der Waals surface area (Å²) in [6, 6.07) is 14.6. The molecule has 4 rings (SSSR count). The summed E-state index contributed by atoms with van der Waals surface area (Å²) in [5.41, 5.74) is 2.91. The van der Waals surface area contributed by atoms with Crippen molar-refractivity contribution < 1.29 is 13.6 Å². The molecule has 0 radical (unpaired) electrons. The Morgan fingerprint density at radius 2 is 1.88 bits per heavy atom. The van der Waals surface area contributed by atoms with Gasteiger partial charge in [-0.05, 0) is 29.7 Å². The van der Waals surface area contributed by atoms with E-state index in [0.717, 1.165) is 13.0 Å². The highest BCUT2D eigenvalue weighted by Gasteiger charge is 2.20. The van der Waals surface area contributed by atoms with Gasteiger partial charge in [-0.2, -0.15) is 0 Å². The lowest BCUT2D eigenvalue weighted by atomic mass is 9.99. The van der Waals surface area contributed by atoms with Crippen molar-refractivity contribution in [2.24, 2.45) is 0 Å². The van der Waals surface area contributed by atoms with E-state index in [1.807, 2.05) is 17.0 Å². The second-order valence-corrected chi connectivity index (χ2v) is 6.43. The van der Waals surface area contributed by atoms with Crippen molar-refractivity contribution in [3.05, 3.63) is 77.6 Å². The summed E-state index contributed by atoms with van der Waals surface area (Å²) in [4.78, 5) is 18.6. The standard InChI is InChI=1S/C21H19FN2O2/c22-18-8-4-3-7-17(18)19-13-23-20(26-19)9-10-21(25)24-12-11-15-5-1-2-6-16(15)14-24/h1-8,13H,9-12,14H2. The second-order valence-electron chi connectivity index (χ2n) is 6.43. The average Bonchev–Trinajstić information content (AvgIpc) is 3.15. The third-order valence-electron chi connectivity index (χ3n) is 4.73. The summed E-state index contributed by atoms with van der Waals surface area (Å²) in [6.07, 6.45) is 3.14. The number of aryl methyl sites for hydroxylation is 1. The van der Waals surface area contributed by atoms with Crippen molar-refractivity contribution in [2.45, 2.75) is 25.8 Å². The van der Waals surface area contributed by atoms with Crippen LogP contribution in [0.3, 0.4) is 0 Å². The van der Waals surface area contributed by atoms with Gasteiger partial charge < -0.3 is 9.32 Å². The molecule has 4 nitrogen and oxygen atoms in total. The van der Waals surface area contributed by atoms with Gasteiger partial charge in [0.1, 0.15) is 5.82 Å². The summed E-state index contributed by atoms with van der Waals surface area (Å²) in [6.45, 7) is 1.39.